The molecule has 2 N–H and O–H groups in total. The van der Waals surface area contributed by atoms with E-state index in [9.17, 15) is 46.7 Å². The average Bonchev–Trinajstić information content (AvgIpc) is 0.787. The second kappa shape index (κ2) is 58.4. The lowest BCUT2D eigenvalue weighted by molar-refractivity contribution is -0.137. The molecule has 0 radical (unpaired) electrons. The zero-order valence-electron chi connectivity index (χ0n) is 87.2. The number of carbonyl (C=O) groups excluding carboxylic acids is 5. The number of aryl methyl sites for hydroxylation is 1. The van der Waals surface area contributed by atoms with E-state index in [-0.39, 0.29) is 35.1 Å². The minimum Gasteiger partial charge on any atom is -0.478 e. The van der Waals surface area contributed by atoms with Gasteiger partial charge >= 0.3 is 48.0 Å². The molecular weight excluding hydrogens is 1780 g/mol. The van der Waals surface area contributed by atoms with Gasteiger partial charge < -0.3 is 68.2 Å². The van der Waals surface area contributed by atoms with Crippen molar-refractivity contribution in [1.29, 1.82) is 0 Å². The second-order valence-electron chi connectivity index (χ2n) is 39.5. The first kappa shape index (κ1) is 115. The molecule has 7 aliphatic heterocycles. The van der Waals surface area contributed by atoms with Crippen LogP contribution in [0.5, 0.6) is 0 Å². The average molecular weight is 1940 g/mol. The number of hydrogen-bond acceptors (Lipinski definition) is 22. The van der Waals surface area contributed by atoms with Crippen LogP contribution in [0, 0.1) is 11.8 Å². The fourth-order valence-electron chi connectivity index (χ4n) is 19.1. The van der Waals surface area contributed by atoms with Crippen LogP contribution in [0.1, 0.15) is 281 Å². The van der Waals surface area contributed by atoms with Crippen LogP contribution in [0.25, 0.3) is 0 Å². The number of aromatic carboxylic acids is 2. The summed E-state index contributed by atoms with van der Waals surface area (Å²) in [6, 6.07) is 53.7. The summed E-state index contributed by atoms with van der Waals surface area (Å²) in [5.74, 6) is -0.656. The summed E-state index contributed by atoms with van der Waals surface area (Å²) in [4.78, 5) is 103. The second-order valence-corrected chi connectivity index (χ2v) is 39.5. The minimum absolute atomic E-state index is 0.0932. The number of ether oxygens (including phenoxy) is 5. The van der Waals surface area contributed by atoms with Gasteiger partial charge in [0.15, 0.2) is 0 Å². The number of alkyl halides is 3. The number of halogens is 3. The van der Waals surface area contributed by atoms with Crippen molar-refractivity contribution in [3.8, 4) is 0 Å². The lowest BCUT2D eigenvalue weighted by atomic mass is 9.88. The fraction of sp³-hybridized carbons (Fsp3) is 0.566. The van der Waals surface area contributed by atoms with Gasteiger partial charge in [-0.1, -0.05) is 54.6 Å². The number of esters is 5. The van der Waals surface area contributed by atoms with E-state index in [1.165, 1.54) is 146 Å². The van der Waals surface area contributed by atoms with Crippen LogP contribution in [0.15, 0.2) is 164 Å². The van der Waals surface area contributed by atoms with Crippen molar-refractivity contribution >= 4 is 58.8 Å². The maximum Gasteiger partial charge on any atom is 0.418 e. The summed E-state index contributed by atoms with van der Waals surface area (Å²) in [7, 11) is 3.99. The first-order chi connectivity index (χ1) is 66.8. The van der Waals surface area contributed by atoms with Crippen LogP contribution in [-0.2, 0) is 42.7 Å². The Balaban J connectivity index is 0.000000200. The normalized spacial score (nSPS) is 17.2. The van der Waals surface area contributed by atoms with Crippen LogP contribution in [0.2, 0.25) is 0 Å². The monoisotopic (exact) mass is 1940 g/mol. The third-order valence-corrected chi connectivity index (χ3v) is 28.3. The highest BCUT2D eigenvalue weighted by Crippen LogP contribution is 2.39. The highest BCUT2D eigenvalue weighted by molar-refractivity contribution is 5.92. The smallest absolute Gasteiger partial charge is 0.418 e. The summed E-state index contributed by atoms with van der Waals surface area (Å²) in [6.07, 6.45) is 8.90. The van der Waals surface area contributed by atoms with Crippen LogP contribution in [-0.4, -0.2) is 294 Å². The van der Waals surface area contributed by atoms with Crippen molar-refractivity contribution in [2.75, 3.05) is 180 Å². The van der Waals surface area contributed by atoms with Crippen molar-refractivity contribution in [2.45, 2.75) is 242 Å². The molecule has 770 valence electrons. The predicted octanol–water partition coefficient (Wildman–Crippen LogP) is 20.4. The number of nitrogens with zero attached hydrogens (tertiary/aromatic N) is 10. The number of anilines is 3. The van der Waals surface area contributed by atoms with Gasteiger partial charge in [0.2, 0.25) is 0 Å². The molecule has 7 aromatic rings. The van der Waals surface area contributed by atoms with Gasteiger partial charge in [-0.15, -0.1) is 0 Å². The first-order valence-electron chi connectivity index (χ1n) is 51.1. The van der Waals surface area contributed by atoms with Gasteiger partial charge in [0.05, 0.1) is 79.1 Å². The Morgan fingerprint density at radius 1 is 0.321 bits per heavy atom. The van der Waals surface area contributed by atoms with Gasteiger partial charge in [-0.25, -0.2) is 33.6 Å². The van der Waals surface area contributed by atoms with Crippen molar-refractivity contribution in [3.63, 3.8) is 0 Å². The minimum atomic E-state index is -4.52. The van der Waals surface area contributed by atoms with Gasteiger partial charge in [-0.2, -0.15) is 13.2 Å². The fourth-order valence-corrected chi connectivity index (χ4v) is 19.1. The number of carboxylic acid groups (broad SMARTS) is 2. The molecule has 27 heteroatoms. The van der Waals surface area contributed by atoms with E-state index in [1.54, 1.807) is 29.2 Å². The van der Waals surface area contributed by atoms with Crippen LogP contribution in [0.3, 0.4) is 0 Å². The van der Waals surface area contributed by atoms with Crippen molar-refractivity contribution < 1.29 is 80.6 Å². The summed E-state index contributed by atoms with van der Waals surface area (Å²) in [6.45, 7) is 55.8. The standard InChI is InChI=1S/C19H29NO2.C18H27NO2.C16H21F3N2O2.2C16H23NO2.2C14H20N2O2/c1-4-22-19(21)18-9-7-16(8-10-18)5-6-17-11-13-20(14-12-17)15(2)3;1-4-21-18(20)17-7-5-15(6-8-17)13-16-9-11-19(12-10-16)14(2)3;1-11(2)20-6-8-21(9-7-20)14-5-4-12(15(22)23-3)10-13(14)16(17,18)19;1-12(2)17-10-8-14(9-11-17)13-4-6-15(7-5-13)16(18)19-3;1-12(2)17-9-7-13(8-10-17)14-5-4-6-15(11-14)16(18)19-3;1-11(2)15-7-9-16(10-8-15)13-5-3-12(4-6-13)14(17)18;1-11(2)15-6-8-16(9-7-15)13-5-3-4-12(10-13)14(17)18/h7-10,15,17H,4-6,11-14H2,1-3H3;5-8,14,16H,4,9-13H2,1-3H3;4-5,10-11H,6-9H2,1-3H3;4-7,12,14H,8-11H2,1-3H3;4-6,11-13H,7-10H2,1-3H3;3-6,11H,7-10H2,1-2H3,(H,17,18);3-5,10-11H,6-9H2,1-2H3,(H,17,18). The van der Waals surface area contributed by atoms with E-state index in [2.05, 4.69) is 188 Å². The van der Waals surface area contributed by atoms with Gasteiger partial charge in [0, 0.05) is 138 Å². The number of carboxylic acids is 2. The van der Waals surface area contributed by atoms with Crippen molar-refractivity contribution in [1.82, 2.24) is 34.3 Å². The number of hydrogen-bond donors (Lipinski definition) is 2. The molecular formula is C113H163F3N10O14. The lowest BCUT2D eigenvalue weighted by Crippen LogP contribution is -2.49. The van der Waals surface area contributed by atoms with E-state index in [1.807, 2.05) is 92.7 Å². The molecule has 0 unspecified atom stereocenters. The zero-order valence-corrected chi connectivity index (χ0v) is 87.2. The predicted molar refractivity (Wildman–Crippen MR) is 555 cm³/mol. The molecule has 24 nitrogen and oxygen atoms in total. The highest BCUT2D eigenvalue weighted by atomic mass is 19.4. The molecule has 0 spiro atoms. The summed E-state index contributed by atoms with van der Waals surface area (Å²) in [5.41, 5.74) is 9.91. The van der Waals surface area contributed by atoms with Crippen LogP contribution < -0.4 is 14.7 Å². The molecule has 7 saturated heterocycles. The SMILES string of the molecule is CC(C)N1CCN(c2ccc(C(=O)O)cc2)CC1.CC(C)N1CCN(c2cccc(C(=O)O)c2)CC1.CCOC(=O)c1ccc(CC2CCN(C(C)C)CC2)cc1.CCOC(=O)c1ccc(CCC2CCN(C(C)C)CC2)cc1.COC(=O)c1ccc(C2CCN(C(C)C)CC2)cc1.COC(=O)c1ccc(N2CCN(C(C)C)CC2)c(C(F)(F)F)c1.COC(=O)c1cccc(C2CCN(C(C)C)CC2)c1. The number of likely N-dealkylation sites (tertiary alicyclic amines) is 4. The molecule has 0 atom stereocenters. The molecule has 7 aliphatic rings. The quantitative estimate of drug-likeness (QED) is 0.0378. The number of piperazine rings is 3. The molecule has 7 aromatic carbocycles. The Hall–Kier alpha value is -10.3. The molecule has 7 fully saturated rings. The molecule has 0 aromatic heterocycles. The number of benzene rings is 7. The highest BCUT2D eigenvalue weighted by Gasteiger charge is 2.38. The Morgan fingerprint density at radius 3 is 1.05 bits per heavy atom. The van der Waals surface area contributed by atoms with Crippen LogP contribution >= 0.6 is 0 Å². The van der Waals surface area contributed by atoms with Gasteiger partial charge in [-0.05, 0) is 389 Å². The molecule has 7 heterocycles. The number of carbonyl (C=O) groups is 7. The molecule has 140 heavy (non-hydrogen) atoms. The van der Waals surface area contributed by atoms with Crippen molar-refractivity contribution in [2.24, 2.45) is 11.8 Å². The summed E-state index contributed by atoms with van der Waals surface area (Å²) in [5, 5.41) is 17.9. The van der Waals surface area contributed by atoms with Crippen LogP contribution in [0.4, 0.5) is 30.2 Å². The van der Waals surface area contributed by atoms with E-state index >= 15 is 0 Å². The molecule has 0 aliphatic carbocycles. The van der Waals surface area contributed by atoms with Gasteiger partial charge in [0.1, 0.15) is 0 Å². The molecule has 0 amide bonds. The zero-order chi connectivity index (χ0) is 102. The van der Waals surface area contributed by atoms with Gasteiger partial charge in [-0.3, -0.25) is 14.7 Å². The van der Waals surface area contributed by atoms with Gasteiger partial charge in [0.25, 0.3) is 0 Å². The summed E-state index contributed by atoms with van der Waals surface area (Å²) < 4.78 is 64.1. The Kier molecular flexibility index (Phi) is 47.9. The van der Waals surface area contributed by atoms with E-state index in [0.717, 1.165) is 115 Å². The topological polar surface area (TPSA) is 238 Å². The first-order valence-corrected chi connectivity index (χ1v) is 51.1. The largest absolute Gasteiger partial charge is 0.478 e. The summed E-state index contributed by atoms with van der Waals surface area (Å²) >= 11 is 0. The maximum atomic E-state index is 13.4. The maximum absolute atomic E-state index is 13.4. The third-order valence-electron chi connectivity index (χ3n) is 28.3. The van der Waals surface area contributed by atoms with E-state index in [4.69, 9.17) is 29.2 Å². The Bertz CT molecular complexity index is 4860. The molecule has 0 saturated carbocycles. The molecule has 14 rings (SSSR count). The number of rotatable bonds is 26. The van der Waals surface area contributed by atoms with E-state index in [0.29, 0.717) is 127 Å². The number of piperidine rings is 4. The lowest BCUT2D eigenvalue weighted by Gasteiger charge is -2.39. The Morgan fingerprint density at radius 2 is 0.650 bits per heavy atom. The third kappa shape index (κ3) is 36.9. The van der Waals surface area contributed by atoms with Crippen molar-refractivity contribution in [3.05, 3.63) is 231 Å². The Labute approximate surface area is 833 Å². The number of methoxy groups -OCH3 is 3. The van der Waals surface area contributed by atoms with E-state index < -0.39 is 29.6 Å². The molecule has 0 bridgehead atoms.